The minimum Gasteiger partial charge on any atom is -0.493 e. The van der Waals surface area contributed by atoms with E-state index >= 15 is 0 Å². The van der Waals surface area contributed by atoms with Crippen molar-refractivity contribution in [3.8, 4) is 11.5 Å². The summed E-state index contributed by atoms with van der Waals surface area (Å²) in [4.78, 5) is 12.5. The van der Waals surface area contributed by atoms with E-state index in [0.29, 0.717) is 17.0 Å². The Morgan fingerprint density at radius 3 is 2.56 bits per heavy atom. The van der Waals surface area contributed by atoms with Crippen LogP contribution in [-0.4, -0.2) is 30.3 Å². The minimum atomic E-state index is 0.134. The van der Waals surface area contributed by atoms with Crippen molar-refractivity contribution in [2.75, 3.05) is 19.5 Å². The fourth-order valence-electron chi connectivity index (χ4n) is 4.26. The van der Waals surface area contributed by atoms with E-state index in [1.54, 1.807) is 14.2 Å². The van der Waals surface area contributed by atoms with Gasteiger partial charge in [-0.3, -0.25) is 4.79 Å². The van der Waals surface area contributed by atoms with E-state index in [1.165, 1.54) is 37.0 Å². The third kappa shape index (κ3) is 3.93. The zero-order chi connectivity index (χ0) is 18.8. The maximum atomic E-state index is 12.5. The summed E-state index contributed by atoms with van der Waals surface area (Å²) in [6, 6.07) is 5.92. The molecule has 1 heterocycles. The normalized spacial score (nSPS) is 23.4. The number of carbonyl (C=O) groups is 1. The van der Waals surface area contributed by atoms with Gasteiger partial charge in [0.05, 0.1) is 14.2 Å². The molecule has 2 aliphatic carbocycles. The molecule has 2 aliphatic rings. The van der Waals surface area contributed by atoms with Gasteiger partial charge in [-0.15, -0.1) is 10.2 Å². The molecule has 2 aromatic rings. The van der Waals surface area contributed by atoms with Crippen LogP contribution in [0.4, 0.5) is 5.13 Å². The van der Waals surface area contributed by atoms with Crippen LogP contribution in [0.5, 0.6) is 11.5 Å². The molecule has 1 N–H and O–H groups in total. The van der Waals surface area contributed by atoms with E-state index in [2.05, 4.69) is 15.5 Å². The Hall–Kier alpha value is -2.15. The van der Waals surface area contributed by atoms with Gasteiger partial charge in [-0.05, 0) is 48.8 Å². The quantitative estimate of drug-likeness (QED) is 0.784. The van der Waals surface area contributed by atoms with Gasteiger partial charge >= 0.3 is 0 Å². The first-order valence-corrected chi connectivity index (χ1v) is 10.4. The van der Waals surface area contributed by atoms with Crippen molar-refractivity contribution in [2.45, 2.75) is 38.5 Å². The van der Waals surface area contributed by atoms with Crippen LogP contribution in [0, 0.1) is 17.8 Å². The van der Waals surface area contributed by atoms with Gasteiger partial charge in [0.15, 0.2) is 11.5 Å². The molecule has 0 radical (unpaired) electrons. The van der Waals surface area contributed by atoms with Crippen LogP contribution >= 0.6 is 11.3 Å². The Morgan fingerprint density at radius 1 is 1.11 bits per heavy atom. The van der Waals surface area contributed by atoms with Gasteiger partial charge in [0.25, 0.3) is 0 Å². The van der Waals surface area contributed by atoms with Crippen molar-refractivity contribution in [3.05, 3.63) is 28.8 Å². The predicted molar refractivity (Wildman–Crippen MR) is 104 cm³/mol. The standard InChI is InChI=1S/C20H25N3O3S/c1-25-15-9-7-12(11-16(15)26-2)8-10-17-22-23-20(27-17)21-19(24)18-13-5-3-4-6-14(13)18/h7,9,11,13-14,18H,3-6,8,10H2,1-2H3,(H,21,23,24)/t13-,14+,18?. The number of amides is 1. The number of nitrogens with one attached hydrogen (secondary N) is 1. The van der Waals surface area contributed by atoms with Crippen LogP contribution in [0.25, 0.3) is 0 Å². The summed E-state index contributed by atoms with van der Waals surface area (Å²) in [6.07, 6.45) is 6.55. The zero-order valence-electron chi connectivity index (χ0n) is 15.7. The summed E-state index contributed by atoms with van der Waals surface area (Å²) in [5, 5.41) is 12.9. The van der Waals surface area contributed by atoms with Crippen LogP contribution < -0.4 is 14.8 Å². The van der Waals surface area contributed by atoms with Crippen molar-refractivity contribution in [1.82, 2.24) is 10.2 Å². The highest BCUT2D eigenvalue weighted by molar-refractivity contribution is 7.15. The summed E-state index contributed by atoms with van der Waals surface area (Å²) in [7, 11) is 3.27. The van der Waals surface area contributed by atoms with E-state index in [-0.39, 0.29) is 11.8 Å². The minimum absolute atomic E-state index is 0.134. The Labute approximate surface area is 163 Å². The molecule has 0 aliphatic heterocycles. The lowest BCUT2D eigenvalue weighted by Gasteiger charge is -2.08. The summed E-state index contributed by atoms with van der Waals surface area (Å²) >= 11 is 1.47. The fourth-order valence-corrected chi connectivity index (χ4v) is 5.00. The Morgan fingerprint density at radius 2 is 1.85 bits per heavy atom. The molecule has 0 saturated heterocycles. The highest BCUT2D eigenvalue weighted by Gasteiger charge is 2.54. The van der Waals surface area contributed by atoms with Gasteiger partial charge in [0, 0.05) is 12.3 Å². The van der Waals surface area contributed by atoms with E-state index in [1.807, 2.05) is 18.2 Å². The molecule has 2 fully saturated rings. The van der Waals surface area contributed by atoms with Gasteiger partial charge in [-0.1, -0.05) is 30.2 Å². The smallest absolute Gasteiger partial charge is 0.229 e. The monoisotopic (exact) mass is 387 g/mol. The largest absolute Gasteiger partial charge is 0.493 e. The molecular weight excluding hydrogens is 362 g/mol. The maximum absolute atomic E-state index is 12.5. The average Bonchev–Trinajstić information content (AvgIpc) is 3.28. The van der Waals surface area contributed by atoms with Crippen molar-refractivity contribution in [1.29, 1.82) is 0 Å². The second kappa shape index (κ2) is 7.84. The van der Waals surface area contributed by atoms with E-state index in [4.69, 9.17) is 9.47 Å². The van der Waals surface area contributed by atoms with Crippen LogP contribution in [0.3, 0.4) is 0 Å². The molecule has 7 heteroatoms. The number of ether oxygens (including phenoxy) is 2. The number of anilines is 1. The first-order valence-electron chi connectivity index (χ1n) is 9.53. The first kappa shape index (κ1) is 18.2. The number of methoxy groups -OCH3 is 2. The first-order chi connectivity index (χ1) is 13.2. The Bertz CT molecular complexity index is 811. The van der Waals surface area contributed by atoms with Gasteiger partial charge in [-0.2, -0.15) is 0 Å². The van der Waals surface area contributed by atoms with Crippen molar-refractivity contribution >= 4 is 22.4 Å². The zero-order valence-corrected chi connectivity index (χ0v) is 16.6. The van der Waals surface area contributed by atoms with Crippen molar-refractivity contribution in [3.63, 3.8) is 0 Å². The summed E-state index contributed by atoms with van der Waals surface area (Å²) < 4.78 is 10.6. The number of hydrogen-bond donors (Lipinski definition) is 1. The molecular formula is C20H25N3O3S. The molecule has 144 valence electrons. The second-order valence-electron chi connectivity index (χ2n) is 7.32. The predicted octanol–water partition coefficient (Wildman–Crippen LogP) is 3.72. The number of aryl methyl sites for hydroxylation is 2. The lowest BCUT2D eigenvalue weighted by molar-refractivity contribution is -0.117. The van der Waals surface area contributed by atoms with E-state index in [9.17, 15) is 4.79 Å². The number of fused-ring (bicyclic) bond motifs is 1. The molecule has 1 aromatic carbocycles. The SMILES string of the molecule is COc1ccc(CCc2nnc(NC(=O)C3[C@H]4CCCC[C@@H]34)s2)cc1OC. The molecule has 0 spiro atoms. The molecule has 1 unspecified atom stereocenters. The number of hydrogen-bond acceptors (Lipinski definition) is 6. The highest BCUT2D eigenvalue weighted by atomic mass is 32.1. The lowest BCUT2D eigenvalue weighted by atomic mass is 10.0. The molecule has 2 saturated carbocycles. The van der Waals surface area contributed by atoms with Gasteiger partial charge in [-0.25, -0.2) is 0 Å². The molecule has 1 aromatic heterocycles. The molecule has 4 rings (SSSR count). The van der Waals surface area contributed by atoms with Gasteiger partial charge < -0.3 is 14.8 Å². The summed E-state index contributed by atoms with van der Waals surface area (Å²) in [6.45, 7) is 0. The van der Waals surface area contributed by atoms with Crippen LogP contribution in [0.2, 0.25) is 0 Å². The molecule has 1 amide bonds. The van der Waals surface area contributed by atoms with Crippen molar-refractivity contribution < 1.29 is 14.3 Å². The maximum Gasteiger partial charge on any atom is 0.229 e. The summed E-state index contributed by atoms with van der Waals surface area (Å²) in [5.41, 5.74) is 1.15. The highest BCUT2D eigenvalue weighted by Crippen LogP contribution is 2.55. The van der Waals surface area contributed by atoms with Gasteiger partial charge in [0.2, 0.25) is 11.0 Å². The van der Waals surface area contributed by atoms with E-state index < -0.39 is 0 Å². The molecule has 3 atom stereocenters. The van der Waals surface area contributed by atoms with Gasteiger partial charge in [0.1, 0.15) is 5.01 Å². The number of carbonyl (C=O) groups excluding carboxylic acids is 1. The van der Waals surface area contributed by atoms with Crippen LogP contribution in [-0.2, 0) is 17.6 Å². The molecule has 6 nitrogen and oxygen atoms in total. The topological polar surface area (TPSA) is 73.3 Å². The number of rotatable bonds is 7. The average molecular weight is 388 g/mol. The van der Waals surface area contributed by atoms with Crippen molar-refractivity contribution in [2.24, 2.45) is 17.8 Å². The molecule has 0 bridgehead atoms. The fraction of sp³-hybridized carbons (Fsp3) is 0.550. The third-order valence-electron chi connectivity index (χ3n) is 5.73. The van der Waals surface area contributed by atoms with E-state index in [0.717, 1.165) is 34.9 Å². The third-order valence-corrected chi connectivity index (χ3v) is 6.63. The summed E-state index contributed by atoms with van der Waals surface area (Å²) in [5.74, 6) is 3.00. The number of nitrogens with zero attached hydrogens (tertiary/aromatic N) is 2. The number of benzene rings is 1. The number of aromatic nitrogens is 2. The Kier molecular flexibility index (Phi) is 5.29. The van der Waals surface area contributed by atoms with Crippen LogP contribution in [0.1, 0.15) is 36.3 Å². The van der Waals surface area contributed by atoms with Crippen LogP contribution in [0.15, 0.2) is 18.2 Å². The Balaban J connectivity index is 1.31. The second-order valence-corrected chi connectivity index (χ2v) is 8.38. The lowest BCUT2D eigenvalue weighted by Crippen LogP contribution is -2.15. The molecule has 27 heavy (non-hydrogen) atoms.